The van der Waals surface area contributed by atoms with E-state index in [1.165, 1.54) is 36.8 Å². The Labute approximate surface area is 199 Å². The number of nitrogens with one attached hydrogen (secondary N) is 1. The largest absolute Gasteiger partial charge is 0.508 e. The number of phenols is 3. The van der Waals surface area contributed by atoms with Gasteiger partial charge in [-0.15, -0.1) is 0 Å². The van der Waals surface area contributed by atoms with Gasteiger partial charge in [-0.25, -0.2) is 0 Å². The number of hydrogen-bond acceptors (Lipinski definition) is 5. The Balaban J connectivity index is 1.30. The Kier molecular flexibility index (Phi) is 9.89. The van der Waals surface area contributed by atoms with Crippen LogP contribution in [-0.4, -0.2) is 52.4 Å². The van der Waals surface area contributed by atoms with Gasteiger partial charge in [-0.2, -0.15) is 0 Å². The lowest BCUT2D eigenvalue weighted by Gasteiger charge is -2.35. The van der Waals surface area contributed by atoms with Gasteiger partial charge in [-0.3, -0.25) is 0 Å². The molecule has 4 N–H and O–H groups in total. The molecule has 2 aromatic carbocycles. The number of rotatable bonds is 13. The Morgan fingerprint density at radius 3 is 2.52 bits per heavy atom. The SMILES string of the molecule is CCCN(CCCCCCNCCc1ccc(O)c(C)c1)[C@H]1CCc2c(ccc(O)c2O)C1. The molecule has 0 aromatic heterocycles. The topological polar surface area (TPSA) is 76.0 Å². The fourth-order valence-electron chi connectivity index (χ4n) is 5.03. The number of fused-ring (bicyclic) bond motifs is 1. The lowest BCUT2D eigenvalue weighted by molar-refractivity contribution is 0.175. The zero-order chi connectivity index (χ0) is 23.6. The number of aryl methyl sites for hydroxylation is 1. The second kappa shape index (κ2) is 12.9. The summed E-state index contributed by atoms with van der Waals surface area (Å²) in [6, 6.07) is 10.00. The maximum atomic E-state index is 10.2. The molecule has 1 aliphatic carbocycles. The fraction of sp³-hybridized carbons (Fsp3) is 0.571. The first kappa shape index (κ1) is 25.4. The third-order valence-electron chi connectivity index (χ3n) is 6.97. The lowest BCUT2D eigenvalue weighted by atomic mass is 9.86. The molecule has 0 amide bonds. The lowest BCUT2D eigenvalue weighted by Crippen LogP contribution is -2.40. The van der Waals surface area contributed by atoms with Crippen molar-refractivity contribution in [1.82, 2.24) is 10.2 Å². The summed E-state index contributed by atoms with van der Waals surface area (Å²) in [7, 11) is 0. The number of nitrogens with zero attached hydrogens (tertiary/aromatic N) is 1. The second-order valence-corrected chi connectivity index (χ2v) is 9.54. The molecule has 0 radical (unpaired) electrons. The van der Waals surface area contributed by atoms with E-state index in [9.17, 15) is 15.3 Å². The van der Waals surface area contributed by atoms with E-state index in [-0.39, 0.29) is 11.5 Å². The molecule has 0 aliphatic heterocycles. The molecular formula is C28H42N2O3. The molecular weight excluding hydrogens is 412 g/mol. The highest BCUT2D eigenvalue weighted by Crippen LogP contribution is 2.36. The van der Waals surface area contributed by atoms with Crippen molar-refractivity contribution in [1.29, 1.82) is 0 Å². The van der Waals surface area contributed by atoms with Crippen molar-refractivity contribution in [3.05, 3.63) is 52.6 Å². The van der Waals surface area contributed by atoms with E-state index in [4.69, 9.17) is 0 Å². The molecule has 182 valence electrons. The monoisotopic (exact) mass is 454 g/mol. The van der Waals surface area contributed by atoms with Crippen molar-refractivity contribution in [2.45, 2.75) is 77.7 Å². The van der Waals surface area contributed by atoms with Crippen LogP contribution in [0.15, 0.2) is 30.3 Å². The Morgan fingerprint density at radius 1 is 0.939 bits per heavy atom. The molecule has 5 heteroatoms. The number of hydrogen-bond donors (Lipinski definition) is 4. The first-order valence-corrected chi connectivity index (χ1v) is 12.8. The molecule has 1 atom stereocenters. The van der Waals surface area contributed by atoms with Gasteiger partial charge in [0.25, 0.3) is 0 Å². The van der Waals surface area contributed by atoms with Crippen molar-refractivity contribution in [3.63, 3.8) is 0 Å². The maximum Gasteiger partial charge on any atom is 0.160 e. The van der Waals surface area contributed by atoms with Crippen LogP contribution in [0.1, 0.15) is 67.7 Å². The van der Waals surface area contributed by atoms with Crippen LogP contribution in [0.5, 0.6) is 17.2 Å². The fourth-order valence-corrected chi connectivity index (χ4v) is 5.03. The van der Waals surface area contributed by atoms with Gasteiger partial charge in [0.1, 0.15) is 5.75 Å². The summed E-state index contributed by atoms with van der Waals surface area (Å²) in [6.45, 7) is 8.50. The number of benzene rings is 2. The van der Waals surface area contributed by atoms with E-state index in [1.807, 2.05) is 19.1 Å². The van der Waals surface area contributed by atoms with Crippen molar-refractivity contribution in [2.75, 3.05) is 26.2 Å². The van der Waals surface area contributed by atoms with Gasteiger partial charge in [0, 0.05) is 11.6 Å². The zero-order valence-electron chi connectivity index (χ0n) is 20.4. The van der Waals surface area contributed by atoms with Crippen LogP contribution in [0, 0.1) is 6.92 Å². The van der Waals surface area contributed by atoms with Crippen LogP contribution >= 0.6 is 0 Å². The average Bonchev–Trinajstić information content (AvgIpc) is 2.81. The maximum absolute atomic E-state index is 10.2. The molecule has 33 heavy (non-hydrogen) atoms. The molecule has 0 spiro atoms. The van der Waals surface area contributed by atoms with Gasteiger partial charge in [0.05, 0.1) is 0 Å². The van der Waals surface area contributed by atoms with Crippen LogP contribution < -0.4 is 5.32 Å². The summed E-state index contributed by atoms with van der Waals surface area (Å²) >= 11 is 0. The van der Waals surface area contributed by atoms with Crippen molar-refractivity contribution < 1.29 is 15.3 Å². The van der Waals surface area contributed by atoms with Gasteiger partial charge in [-0.05, 0) is 107 Å². The molecule has 5 nitrogen and oxygen atoms in total. The summed E-state index contributed by atoms with van der Waals surface area (Å²) in [5.41, 5.74) is 4.34. The van der Waals surface area contributed by atoms with Gasteiger partial charge >= 0.3 is 0 Å². The first-order valence-electron chi connectivity index (χ1n) is 12.8. The van der Waals surface area contributed by atoms with Crippen LogP contribution in [0.3, 0.4) is 0 Å². The Bertz CT molecular complexity index is 884. The summed E-state index contributed by atoms with van der Waals surface area (Å²) in [5, 5.41) is 33.1. The predicted octanol–water partition coefficient (Wildman–Crippen LogP) is 5.07. The number of unbranched alkanes of at least 4 members (excludes halogenated alkanes) is 3. The van der Waals surface area contributed by atoms with Crippen molar-refractivity contribution in [2.24, 2.45) is 0 Å². The van der Waals surface area contributed by atoms with E-state index in [2.05, 4.69) is 23.2 Å². The molecule has 0 saturated carbocycles. The van der Waals surface area contributed by atoms with Crippen LogP contribution in [-0.2, 0) is 19.3 Å². The molecule has 0 heterocycles. The number of phenolic OH excluding ortho intramolecular Hbond substituents is 3. The minimum atomic E-state index is 0.00237. The Morgan fingerprint density at radius 2 is 1.73 bits per heavy atom. The normalized spacial score (nSPS) is 15.7. The van der Waals surface area contributed by atoms with E-state index < -0.39 is 0 Å². The zero-order valence-corrected chi connectivity index (χ0v) is 20.4. The van der Waals surface area contributed by atoms with E-state index in [0.29, 0.717) is 11.8 Å². The van der Waals surface area contributed by atoms with E-state index >= 15 is 0 Å². The second-order valence-electron chi connectivity index (χ2n) is 9.54. The summed E-state index contributed by atoms with van der Waals surface area (Å²) in [6.07, 6.45) is 9.98. The molecule has 2 aromatic rings. The third kappa shape index (κ3) is 7.38. The van der Waals surface area contributed by atoms with Gasteiger partial charge in [0.15, 0.2) is 11.5 Å². The molecule has 0 bridgehead atoms. The summed E-state index contributed by atoms with van der Waals surface area (Å²) in [4.78, 5) is 2.64. The highest BCUT2D eigenvalue weighted by Gasteiger charge is 2.26. The standard InChI is InChI=1S/C28H42N2O3/c1-3-17-30(24-10-11-25-23(20-24)9-13-27(32)28(25)33)18-7-5-4-6-15-29-16-14-22-8-12-26(31)21(2)19-22/h8-9,12-13,19,24,29,31-33H,3-7,10-11,14-18,20H2,1-2H3/t24-/m0/s1. The van der Waals surface area contributed by atoms with Crippen LogP contribution in [0.25, 0.3) is 0 Å². The molecule has 0 fully saturated rings. The summed E-state index contributed by atoms with van der Waals surface area (Å²) in [5.74, 6) is 0.458. The van der Waals surface area contributed by atoms with Gasteiger partial charge < -0.3 is 25.5 Å². The van der Waals surface area contributed by atoms with Gasteiger partial charge in [-0.1, -0.05) is 38.0 Å². The minimum absolute atomic E-state index is 0.00237. The summed E-state index contributed by atoms with van der Waals surface area (Å²) < 4.78 is 0. The molecule has 0 saturated heterocycles. The quantitative estimate of drug-likeness (QED) is 0.251. The van der Waals surface area contributed by atoms with Crippen molar-refractivity contribution >= 4 is 0 Å². The Hall–Kier alpha value is -2.24. The third-order valence-corrected chi connectivity index (χ3v) is 6.97. The first-order chi connectivity index (χ1) is 16.0. The van der Waals surface area contributed by atoms with E-state index in [1.54, 1.807) is 12.1 Å². The minimum Gasteiger partial charge on any atom is -0.508 e. The van der Waals surface area contributed by atoms with E-state index in [0.717, 1.165) is 69.4 Å². The predicted molar refractivity (Wildman–Crippen MR) is 135 cm³/mol. The van der Waals surface area contributed by atoms with Crippen molar-refractivity contribution in [3.8, 4) is 17.2 Å². The van der Waals surface area contributed by atoms with Crippen LogP contribution in [0.2, 0.25) is 0 Å². The average molecular weight is 455 g/mol. The van der Waals surface area contributed by atoms with Crippen LogP contribution in [0.4, 0.5) is 0 Å². The highest BCUT2D eigenvalue weighted by molar-refractivity contribution is 5.50. The smallest absolute Gasteiger partial charge is 0.160 e. The molecule has 0 unspecified atom stereocenters. The molecule has 3 rings (SSSR count). The van der Waals surface area contributed by atoms with Gasteiger partial charge in [0.2, 0.25) is 0 Å². The highest BCUT2D eigenvalue weighted by atomic mass is 16.3. The number of aromatic hydroxyl groups is 3. The molecule has 1 aliphatic rings.